The number of halogens is 1. The van der Waals surface area contributed by atoms with Crippen LogP contribution in [0.15, 0.2) is 40.4 Å². The van der Waals surface area contributed by atoms with E-state index in [1.807, 2.05) is 31.5 Å². The molecule has 1 amide bonds. The topological polar surface area (TPSA) is 33.2 Å². The molecule has 0 N–H and O–H groups in total. The van der Waals surface area contributed by atoms with E-state index < -0.39 is 0 Å². The van der Waals surface area contributed by atoms with Crippen molar-refractivity contribution in [2.45, 2.75) is 13.0 Å². The largest absolute Gasteiger partial charge is 0.334 e. The molecule has 0 radical (unpaired) electrons. The smallest absolute Gasteiger partial charge is 0.256 e. The van der Waals surface area contributed by atoms with Gasteiger partial charge in [0, 0.05) is 18.1 Å². The van der Waals surface area contributed by atoms with Gasteiger partial charge < -0.3 is 4.90 Å². The monoisotopic (exact) mass is 324 g/mol. The van der Waals surface area contributed by atoms with Gasteiger partial charge in [-0.05, 0) is 46.4 Å². The van der Waals surface area contributed by atoms with E-state index in [4.69, 9.17) is 0 Å². The maximum atomic E-state index is 12.4. The van der Waals surface area contributed by atoms with Gasteiger partial charge in [0.25, 0.3) is 5.91 Å². The average Bonchev–Trinajstić information content (AvgIpc) is 2.90. The number of hydrogen-bond donors (Lipinski definition) is 0. The Morgan fingerprint density at radius 1 is 1.44 bits per heavy atom. The fourth-order valence-electron chi connectivity index (χ4n) is 1.63. The number of aromatic nitrogens is 1. The standard InChI is InChI=1S/C13H13BrN2OS/c1-9(11-6-4-8-18-11)16(2)13(17)10-5-3-7-15-12(10)14/h3-9H,1-2H3. The van der Waals surface area contributed by atoms with Gasteiger partial charge in [-0.15, -0.1) is 11.3 Å². The van der Waals surface area contributed by atoms with Crippen LogP contribution in [-0.4, -0.2) is 22.8 Å². The van der Waals surface area contributed by atoms with Crippen LogP contribution in [0, 0.1) is 0 Å². The van der Waals surface area contributed by atoms with Gasteiger partial charge in [-0.1, -0.05) is 6.07 Å². The van der Waals surface area contributed by atoms with E-state index in [9.17, 15) is 4.79 Å². The van der Waals surface area contributed by atoms with Crippen molar-refractivity contribution >= 4 is 33.2 Å². The van der Waals surface area contributed by atoms with Crippen LogP contribution in [0.3, 0.4) is 0 Å². The molecule has 18 heavy (non-hydrogen) atoms. The molecular formula is C13H13BrN2OS. The molecule has 0 spiro atoms. The van der Waals surface area contributed by atoms with Gasteiger partial charge in [0.2, 0.25) is 0 Å². The Labute approximate surface area is 119 Å². The van der Waals surface area contributed by atoms with Gasteiger partial charge in [-0.2, -0.15) is 0 Å². The molecule has 0 aliphatic rings. The lowest BCUT2D eigenvalue weighted by molar-refractivity contribution is 0.0743. The fourth-order valence-corrected chi connectivity index (χ4v) is 2.88. The van der Waals surface area contributed by atoms with Crippen LogP contribution in [-0.2, 0) is 0 Å². The fraction of sp³-hybridized carbons (Fsp3) is 0.231. The van der Waals surface area contributed by atoms with Crippen LogP contribution in [0.2, 0.25) is 0 Å². The Balaban J connectivity index is 2.22. The summed E-state index contributed by atoms with van der Waals surface area (Å²) < 4.78 is 0.584. The van der Waals surface area contributed by atoms with Crippen molar-refractivity contribution < 1.29 is 4.79 Å². The third-order valence-electron chi connectivity index (χ3n) is 2.85. The van der Waals surface area contributed by atoms with E-state index in [2.05, 4.69) is 20.9 Å². The number of carbonyl (C=O) groups is 1. The van der Waals surface area contributed by atoms with Gasteiger partial charge in [-0.3, -0.25) is 4.79 Å². The van der Waals surface area contributed by atoms with E-state index in [0.29, 0.717) is 10.2 Å². The lowest BCUT2D eigenvalue weighted by Crippen LogP contribution is -2.29. The summed E-state index contributed by atoms with van der Waals surface area (Å²) >= 11 is 4.96. The van der Waals surface area contributed by atoms with Gasteiger partial charge in [0.15, 0.2) is 0 Å². The summed E-state index contributed by atoms with van der Waals surface area (Å²) in [5.41, 5.74) is 0.586. The molecule has 94 valence electrons. The molecule has 0 aromatic carbocycles. The average molecular weight is 325 g/mol. The quantitative estimate of drug-likeness (QED) is 0.806. The molecule has 1 atom stereocenters. The van der Waals surface area contributed by atoms with Gasteiger partial charge in [0.05, 0.1) is 11.6 Å². The van der Waals surface area contributed by atoms with Crippen molar-refractivity contribution in [3.63, 3.8) is 0 Å². The van der Waals surface area contributed by atoms with E-state index >= 15 is 0 Å². The van der Waals surface area contributed by atoms with E-state index in [-0.39, 0.29) is 11.9 Å². The number of nitrogens with zero attached hydrogens (tertiary/aromatic N) is 2. The first-order chi connectivity index (χ1) is 8.61. The summed E-state index contributed by atoms with van der Waals surface area (Å²) in [6.07, 6.45) is 1.66. The van der Waals surface area contributed by atoms with Crippen LogP contribution < -0.4 is 0 Å². The zero-order valence-corrected chi connectivity index (χ0v) is 12.5. The zero-order valence-electron chi connectivity index (χ0n) is 10.1. The Morgan fingerprint density at radius 3 is 2.83 bits per heavy atom. The third kappa shape index (κ3) is 2.62. The molecule has 2 aromatic rings. The second kappa shape index (κ2) is 5.63. The van der Waals surface area contributed by atoms with Crippen LogP contribution in [0.25, 0.3) is 0 Å². The molecule has 1 unspecified atom stereocenters. The highest BCUT2D eigenvalue weighted by molar-refractivity contribution is 9.10. The summed E-state index contributed by atoms with van der Waals surface area (Å²) in [5.74, 6) is -0.0316. The number of rotatable bonds is 3. The minimum absolute atomic E-state index is 0.0316. The second-order valence-electron chi connectivity index (χ2n) is 3.95. The highest BCUT2D eigenvalue weighted by Gasteiger charge is 2.21. The first-order valence-corrected chi connectivity index (χ1v) is 7.19. The Hall–Kier alpha value is -1.20. The summed E-state index contributed by atoms with van der Waals surface area (Å²) in [6, 6.07) is 7.63. The molecule has 0 saturated carbocycles. The number of hydrogen-bond acceptors (Lipinski definition) is 3. The lowest BCUT2D eigenvalue weighted by atomic mass is 10.2. The van der Waals surface area contributed by atoms with Gasteiger partial charge in [-0.25, -0.2) is 4.98 Å². The van der Waals surface area contributed by atoms with Crippen molar-refractivity contribution in [2.24, 2.45) is 0 Å². The molecule has 0 aliphatic carbocycles. The first-order valence-electron chi connectivity index (χ1n) is 5.52. The highest BCUT2D eigenvalue weighted by atomic mass is 79.9. The van der Waals surface area contributed by atoms with Crippen molar-refractivity contribution in [1.82, 2.24) is 9.88 Å². The Bertz CT molecular complexity index is 542. The molecule has 0 saturated heterocycles. The predicted octanol–water partition coefficient (Wildman–Crippen LogP) is 3.74. The number of amides is 1. The van der Waals surface area contributed by atoms with E-state index in [0.717, 1.165) is 0 Å². The molecule has 0 bridgehead atoms. The number of carbonyl (C=O) groups excluding carboxylic acids is 1. The van der Waals surface area contributed by atoms with Crippen molar-refractivity contribution in [3.05, 3.63) is 50.9 Å². The molecule has 2 rings (SSSR count). The lowest BCUT2D eigenvalue weighted by Gasteiger charge is -2.24. The summed E-state index contributed by atoms with van der Waals surface area (Å²) in [4.78, 5) is 19.3. The van der Waals surface area contributed by atoms with Crippen LogP contribution in [0.1, 0.15) is 28.2 Å². The summed E-state index contributed by atoms with van der Waals surface area (Å²) in [6.45, 7) is 2.02. The van der Waals surface area contributed by atoms with Crippen molar-refractivity contribution in [1.29, 1.82) is 0 Å². The van der Waals surface area contributed by atoms with Crippen LogP contribution in [0.5, 0.6) is 0 Å². The molecule has 5 heteroatoms. The highest BCUT2D eigenvalue weighted by Crippen LogP contribution is 2.25. The summed E-state index contributed by atoms with van der Waals surface area (Å²) in [7, 11) is 1.81. The molecule has 2 heterocycles. The van der Waals surface area contributed by atoms with Crippen molar-refractivity contribution in [3.8, 4) is 0 Å². The normalized spacial score (nSPS) is 12.2. The Morgan fingerprint density at radius 2 is 2.22 bits per heavy atom. The zero-order chi connectivity index (χ0) is 13.1. The number of pyridine rings is 1. The van der Waals surface area contributed by atoms with Crippen LogP contribution in [0.4, 0.5) is 0 Å². The van der Waals surface area contributed by atoms with Gasteiger partial charge >= 0.3 is 0 Å². The molecule has 3 nitrogen and oxygen atoms in total. The minimum atomic E-state index is -0.0316. The SMILES string of the molecule is CC(c1cccs1)N(C)C(=O)c1cccnc1Br. The predicted molar refractivity (Wildman–Crippen MR) is 76.8 cm³/mol. The van der Waals surface area contributed by atoms with E-state index in [1.54, 1.807) is 34.6 Å². The van der Waals surface area contributed by atoms with E-state index in [1.165, 1.54) is 4.88 Å². The maximum absolute atomic E-state index is 12.4. The molecular weight excluding hydrogens is 312 g/mol. The molecule has 0 aliphatic heterocycles. The first kappa shape index (κ1) is 13.2. The van der Waals surface area contributed by atoms with Crippen LogP contribution >= 0.6 is 27.3 Å². The molecule has 0 fully saturated rings. The Kier molecular flexibility index (Phi) is 4.14. The maximum Gasteiger partial charge on any atom is 0.256 e. The van der Waals surface area contributed by atoms with Crippen molar-refractivity contribution in [2.75, 3.05) is 7.05 Å². The third-order valence-corrected chi connectivity index (χ3v) is 4.52. The number of thiophene rings is 1. The van der Waals surface area contributed by atoms with Gasteiger partial charge in [0.1, 0.15) is 4.60 Å². The summed E-state index contributed by atoms with van der Waals surface area (Å²) in [5, 5.41) is 2.02. The minimum Gasteiger partial charge on any atom is -0.334 e. The molecule has 2 aromatic heterocycles. The second-order valence-corrected chi connectivity index (χ2v) is 5.68.